The lowest BCUT2D eigenvalue weighted by Gasteiger charge is -2.42. The van der Waals surface area contributed by atoms with Gasteiger partial charge in [0.05, 0.1) is 0 Å². The smallest absolute Gasteiger partial charge is 0.469 e. The summed E-state index contributed by atoms with van der Waals surface area (Å²) in [6, 6.07) is 0.745. The number of carboxylic acids is 1. The summed E-state index contributed by atoms with van der Waals surface area (Å²) in [6.45, 7) is 21.2. The van der Waals surface area contributed by atoms with E-state index in [0.717, 1.165) is 12.5 Å². The normalized spacial score (nSPS) is 14.7. The first-order valence-corrected chi connectivity index (χ1v) is 21.1. The minimum atomic E-state index is -2.79. The second-order valence-corrected chi connectivity index (χ2v) is 26.4. The molecule has 0 bridgehead atoms. The summed E-state index contributed by atoms with van der Waals surface area (Å²) in [4.78, 5) is 10.9. The third-order valence-electron chi connectivity index (χ3n) is 2.86. The quantitative estimate of drug-likeness (QED) is 0.278. The largest absolute Gasteiger partial charge is 0.478 e. The van der Waals surface area contributed by atoms with E-state index in [1.165, 1.54) is 0 Å². The third kappa shape index (κ3) is 12.9. The molecule has 0 aromatic rings. The molecule has 0 aromatic heterocycles. The topological polar surface area (TPSA) is 65.0 Å². The maximum absolute atomic E-state index is 10.9. The molecule has 148 valence electrons. The van der Waals surface area contributed by atoms with Crippen LogP contribution in [0, 0.1) is 0 Å². The van der Waals surface area contributed by atoms with Gasteiger partial charge in [0.1, 0.15) is 0 Å². The Hall–Kier alpha value is -0.0425. The van der Waals surface area contributed by atoms with Crippen molar-refractivity contribution in [1.29, 1.82) is 0 Å². The van der Waals surface area contributed by atoms with Crippen molar-refractivity contribution < 1.29 is 22.2 Å². The Labute approximate surface area is 158 Å². The predicted molar refractivity (Wildman–Crippen MR) is 114 cm³/mol. The molecule has 0 aliphatic heterocycles. The van der Waals surface area contributed by atoms with Crippen LogP contribution in [0.2, 0.25) is 65.0 Å². The first-order valence-electron chi connectivity index (χ1n) is 8.95. The van der Waals surface area contributed by atoms with Gasteiger partial charge in [0.2, 0.25) is 0 Å². The molecule has 0 fully saturated rings. The van der Waals surface area contributed by atoms with Crippen molar-refractivity contribution in [2.75, 3.05) is 0 Å². The molecule has 0 aliphatic carbocycles. The van der Waals surface area contributed by atoms with Gasteiger partial charge in [0.15, 0.2) is 25.0 Å². The molecule has 0 saturated heterocycles. The van der Waals surface area contributed by atoms with Crippen LogP contribution < -0.4 is 0 Å². The number of unbranched alkanes of at least 4 members (excludes halogenated alkanes) is 1. The summed E-state index contributed by atoms with van der Waals surface area (Å²) in [5.74, 6) is -0.862. The zero-order valence-electron chi connectivity index (χ0n) is 17.8. The molecule has 0 aliphatic rings. The molecular weight excluding hydrogens is 385 g/mol. The van der Waals surface area contributed by atoms with Crippen molar-refractivity contribution in [3.8, 4) is 0 Å². The molecule has 0 spiro atoms. The van der Waals surface area contributed by atoms with Crippen LogP contribution in [0.3, 0.4) is 0 Å². The average molecular weight is 423 g/mol. The van der Waals surface area contributed by atoms with E-state index in [-0.39, 0.29) is 0 Å². The van der Waals surface area contributed by atoms with Gasteiger partial charge >= 0.3 is 14.8 Å². The van der Waals surface area contributed by atoms with Gasteiger partial charge in [0.25, 0.3) is 0 Å². The molecule has 0 radical (unpaired) electrons. The Kier molecular flexibility index (Phi) is 9.23. The minimum absolute atomic E-state index is 0.385. The molecule has 0 amide bonds. The van der Waals surface area contributed by atoms with Crippen LogP contribution in [-0.4, -0.2) is 44.8 Å². The average Bonchev–Trinajstić information content (AvgIpc) is 2.27. The van der Waals surface area contributed by atoms with Crippen molar-refractivity contribution in [2.24, 2.45) is 0 Å². The number of rotatable bonds is 11. The van der Waals surface area contributed by atoms with E-state index in [0.29, 0.717) is 12.0 Å². The summed E-state index contributed by atoms with van der Waals surface area (Å²) in [7, 11) is -8.33. The lowest BCUT2D eigenvalue weighted by Crippen LogP contribution is -2.60. The van der Waals surface area contributed by atoms with Crippen LogP contribution >= 0.6 is 0 Å². The van der Waals surface area contributed by atoms with Gasteiger partial charge in [0, 0.05) is 11.6 Å². The third-order valence-corrected chi connectivity index (χ3v) is 14.9. The van der Waals surface area contributed by atoms with Crippen LogP contribution in [0.1, 0.15) is 19.8 Å². The van der Waals surface area contributed by atoms with Crippen molar-refractivity contribution in [3.05, 3.63) is 11.6 Å². The Morgan fingerprint density at radius 1 is 0.840 bits per heavy atom. The fourth-order valence-electron chi connectivity index (χ4n) is 2.34. The molecule has 0 unspecified atom stereocenters. The molecule has 9 heteroatoms. The summed E-state index contributed by atoms with van der Waals surface area (Å²) < 4.78 is 19.8. The highest BCUT2D eigenvalue weighted by Crippen LogP contribution is 2.30. The lowest BCUT2D eigenvalue weighted by atomic mass is 10.2. The minimum Gasteiger partial charge on any atom is -0.478 e. The predicted octanol–water partition coefficient (Wildman–Crippen LogP) is 5.29. The standard InChI is InChI=1S/C16H38O5Si4/c1-15(16(17)18)13-11-12-14-25(19-22(2,3)4,20-23(5,6)7)21-24(8,9)10/h13H,11-12,14H2,1-10H3,(H,17,18)/b15-13+. The van der Waals surface area contributed by atoms with Crippen LogP contribution in [0.5, 0.6) is 0 Å². The number of allylic oxidation sites excluding steroid dienone is 1. The van der Waals surface area contributed by atoms with Gasteiger partial charge in [-0.2, -0.15) is 0 Å². The van der Waals surface area contributed by atoms with E-state index in [1.807, 2.05) is 0 Å². The monoisotopic (exact) mass is 422 g/mol. The fraction of sp³-hybridized carbons (Fsp3) is 0.812. The van der Waals surface area contributed by atoms with E-state index in [1.54, 1.807) is 13.0 Å². The van der Waals surface area contributed by atoms with Crippen molar-refractivity contribution in [1.82, 2.24) is 0 Å². The van der Waals surface area contributed by atoms with E-state index >= 15 is 0 Å². The van der Waals surface area contributed by atoms with Crippen LogP contribution in [0.4, 0.5) is 0 Å². The van der Waals surface area contributed by atoms with Crippen molar-refractivity contribution in [3.63, 3.8) is 0 Å². The van der Waals surface area contributed by atoms with Gasteiger partial charge in [-0.05, 0) is 78.7 Å². The SMILES string of the molecule is C/C(=C\CCC[Si](O[Si](C)(C)C)(O[Si](C)(C)C)O[Si](C)(C)C)C(=O)O. The highest BCUT2D eigenvalue weighted by atomic mass is 28.5. The number of hydrogen-bond acceptors (Lipinski definition) is 4. The van der Waals surface area contributed by atoms with E-state index in [2.05, 4.69) is 58.9 Å². The number of carbonyl (C=O) groups is 1. The summed E-state index contributed by atoms with van der Waals surface area (Å²) in [5, 5.41) is 8.98. The zero-order chi connectivity index (χ0) is 20.1. The molecule has 5 nitrogen and oxygen atoms in total. The molecule has 0 rings (SSSR count). The summed E-state index contributed by atoms with van der Waals surface area (Å²) >= 11 is 0. The van der Waals surface area contributed by atoms with Gasteiger partial charge in [-0.25, -0.2) is 4.79 Å². The van der Waals surface area contributed by atoms with Gasteiger partial charge < -0.3 is 17.5 Å². The summed E-state index contributed by atoms with van der Waals surface area (Å²) in [6.07, 6.45) is 3.29. The van der Waals surface area contributed by atoms with Crippen LogP contribution in [-0.2, 0) is 17.1 Å². The van der Waals surface area contributed by atoms with Crippen molar-refractivity contribution in [2.45, 2.75) is 84.7 Å². The number of carboxylic acid groups (broad SMARTS) is 1. The lowest BCUT2D eigenvalue weighted by molar-refractivity contribution is -0.132. The second-order valence-electron chi connectivity index (χ2n) is 9.41. The van der Waals surface area contributed by atoms with Gasteiger partial charge in [-0.3, -0.25) is 0 Å². The van der Waals surface area contributed by atoms with E-state index < -0.39 is 39.7 Å². The zero-order valence-corrected chi connectivity index (χ0v) is 21.8. The molecule has 0 aromatic carbocycles. The Morgan fingerprint density at radius 3 is 1.48 bits per heavy atom. The fourth-order valence-corrected chi connectivity index (χ4v) is 17.0. The molecule has 1 N–H and O–H groups in total. The highest BCUT2D eigenvalue weighted by molar-refractivity contribution is 6.90. The number of hydrogen-bond donors (Lipinski definition) is 1. The molecular formula is C16H38O5Si4. The maximum atomic E-state index is 10.9. The summed E-state index contributed by atoms with van der Waals surface area (Å²) in [5.41, 5.74) is 0.385. The van der Waals surface area contributed by atoms with Crippen LogP contribution in [0.15, 0.2) is 11.6 Å². The molecule has 0 atom stereocenters. The Bertz CT molecular complexity index is 432. The van der Waals surface area contributed by atoms with Gasteiger partial charge in [-0.15, -0.1) is 0 Å². The molecule has 0 heterocycles. The van der Waals surface area contributed by atoms with E-state index in [4.69, 9.17) is 17.5 Å². The Balaban J connectivity index is 5.43. The van der Waals surface area contributed by atoms with Crippen molar-refractivity contribution >= 4 is 39.7 Å². The van der Waals surface area contributed by atoms with Gasteiger partial charge in [-0.1, -0.05) is 6.08 Å². The Morgan fingerprint density at radius 2 is 1.20 bits per heavy atom. The maximum Gasteiger partial charge on any atom is 0.469 e. The van der Waals surface area contributed by atoms with E-state index in [9.17, 15) is 4.79 Å². The first kappa shape index (κ1) is 25.0. The number of aliphatic carboxylic acids is 1. The first-order chi connectivity index (χ1) is 10.9. The molecule has 25 heavy (non-hydrogen) atoms. The second kappa shape index (κ2) is 9.24. The highest BCUT2D eigenvalue weighted by Gasteiger charge is 2.49. The van der Waals surface area contributed by atoms with Crippen LogP contribution in [0.25, 0.3) is 0 Å². The molecule has 0 saturated carbocycles.